The van der Waals surface area contributed by atoms with Gasteiger partial charge in [0.15, 0.2) is 0 Å². The average molecular weight is 263 g/mol. The lowest BCUT2D eigenvalue weighted by molar-refractivity contribution is 0.0920. The van der Waals surface area contributed by atoms with Gasteiger partial charge in [-0.1, -0.05) is 30.3 Å². The third kappa shape index (κ3) is 1.88. The van der Waals surface area contributed by atoms with Gasteiger partial charge in [0.05, 0.1) is 5.54 Å². The number of carboxylic acid groups (broad SMARTS) is 1. The van der Waals surface area contributed by atoms with E-state index < -0.39 is 6.09 Å². The third-order valence-electron chi connectivity index (χ3n) is 4.08. The molecule has 0 aliphatic carbocycles. The van der Waals surface area contributed by atoms with Crippen LogP contribution in [0.2, 0.25) is 0 Å². The predicted molar refractivity (Wildman–Crippen MR) is 73.1 cm³/mol. The van der Waals surface area contributed by atoms with Gasteiger partial charge in [0.1, 0.15) is 0 Å². The van der Waals surface area contributed by atoms with Crippen molar-refractivity contribution in [1.29, 1.82) is 0 Å². The van der Waals surface area contributed by atoms with Crippen LogP contribution < -0.4 is 0 Å². The van der Waals surface area contributed by atoms with Crippen LogP contribution in [-0.2, 0) is 6.42 Å². The van der Waals surface area contributed by atoms with E-state index in [0.29, 0.717) is 0 Å². The Hall–Kier alpha value is -1.16. The molecule has 2 heterocycles. The monoisotopic (exact) mass is 263 g/mol. The Morgan fingerprint density at radius 2 is 2.22 bits per heavy atom. The molecule has 3 nitrogen and oxygen atoms in total. The summed E-state index contributed by atoms with van der Waals surface area (Å²) >= 11 is 1.91. The van der Waals surface area contributed by atoms with E-state index in [1.54, 1.807) is 4.90 Å². The number of hydrogen-bond donors (Lipinski definition) is 1. The minimum Gasteiger partial charge on any atom is -0.465 e. The fourth-order valence-electron chi connectivity index (χ4n) is 3.32. The number of rotatable bonds is 2. The molecule has 96 valence electrons. The van der Waals surface area contributed by atoms with E-state index in [2.05, 4.69) is 12.1 Å². The molecular weight excluding hydrogens is 246 g/mol. The van der Waals surface area contributed by atoms with Gasteiger partial charge in [-0.2, -0.15) is 11.8 Å². The van der Waals surface area contributed by atoms with Crippen LogP contribution in [0.1, 0.15) is 18.4 Å². The second-order valence-electron chi connectivity index (χ2n) is 5.25. The smallest absolute Gasteiger partial charge is 0.408 e. The number of amides is 1. The van der Waals surface area contributed by atoms with Crippen molar-refractivity contribution < 1.29 is 9.90 Å². The van der Waals surface area contributed by atoms with Gasteiger partial charge in [0.2, 0.25) is 0 Å². The van der Waals surface area contributed by atoms with E-state index in [1.807, 2.05) is 30.0 Å². The molecule has 2 aliphatic rings. The van der Waals surface area contributed by atoms with Gasteiger partial charge < -0.3 is 5.11 Å². The summed E-state index contributed by atoms with van der Waals surface area (Å²) in [7, 11) is 0. The van der Waals surface area contributed by atoms with Gasteiger partial charge in [0.25, 0.3) is 0 Å². The van der Waals surface area contributed by atoms with E-state index in [-0.39, 0.29) is 11.6 Å². The molecule has 0 spiro atoms. The van der Waals surface area contributed by atoms with Gasteiger partial charge in [-0.3, -0.25) is 4.90 Å². The van der Waals surface area contributed by atoms with Crippen LogP contribution in [0.5, 0.6) is 0 Å². The molecule has 2 aliphatic heterocycles. The third-order valence-corrected chi connectivity index (χ3v) is 5.44. The number of thioether (sulfide) groups is 1. The van der Waals surface area contributed by atoms with Crippen molar-refractivity contribution in [3.63, 3.8) is 0 Å². The van der Waals surface area contributed by atoms with Crippen molar-refractivity contribution >= 4 is 17.9 Å². The van der Waals surface area contributed by atoms with Crippen LogP contribution >= 0.6 is 11.8 Å². The first-order valence-electron chi connectivity index (χ1n) is 6.35. The minimum absolute atomic E-state index is 0.166. The topological polar surface area (TPSA) is 40.5 Å². The lowest BCUT2D eigenvalue weighted by atomic mass is 9.90. The first kappa shape index (κ1) is 11.9. The molecule has 3 rings (SSSR count). The van der Waals surface area contributed by atoms with Gasteiger partial charge in [-0.25, -0.2) is 4.79 Å². The summed E-state index contributed by atoms with van der Waals surface area (Å²) in [6.07, 6.45) is 2.13. The Bertz CT molecular complexity index is 446. The number of fused-ring (bicyclic) bond motifs is 2. The summed E-state index contributed by atoms with van der Waals surface area (Å²) in [5.74, 6) is 1.90. The maximum atomic E-state index is 11.5. The van der Waals surface area contributed by atoms with Crippen LogP contribution in [0.3, 0.4) is 0 Å². The summed E-state index contributed by atoms with van der Waals surface area (Å²) in [6, 6.07) is 10.5. The number of hydrogen-bond acceptors (Lipinski definition) is 2. The van der Waals surface area contributed by atoms with E-state index in [0.717, 1.165) is 30.8 Å². The lowest BCUT2D eigenvalue weighted by Crippen LogP contribution is -2.56. The Balaban J connectivity index is 1.89. The highest BCUT2D eigenvalue weighted by Crippen LogP contribution is 2.44. The fourth-order valence-corrected chi connectivity index (χ4v) is 4.79. The highest BCUT2D eigenvalue weighted by atomic mass is 32.2. The summed E-state index contributed by atoms with van der Waals surface area (Å²) in [4.78, 5) is 13.3. The van der Waals surface area contributed by atoms with Gasteiger partial charge >= 0.3 is 6.09 Å². The van der Waals surface area contributed by atoms with Crippen LogP contribution in [0.25, 0.3) is 0 Å². The Kier molecular flexibility index (Phi) is 2.98. The molecule has 1 aromatic carbocycles. The zero-order chi connectivity index (χ0) is 12.6. The fraction of sp³-hybridized carbons (Fsp3) is 0.500. The maximum absolute atomic E-state index is 11.5. The molecule has 0 unspecified atom stereocenters. The Labute approximate surface area is 111 Å². The van der Waals surface area contributed by atoms with Crippen LogP contribution in [0.4, 0.5) is 4.79 Å². The number of nitrogens with zero attached hydrogens (tertiary/aromatic N) is 1. The van der Waals surface area contributed by atoms with E-state index in [1.165, 1.54) is 5.56 Å². The molecule has 2 bridgehead atoms. The van der Waals surface area contributed by atoms with Crippen molar-refractivity contribution in [2.24, 2.45) is 0 Å². The highest BCUT2D eigenvalue weighted by molar-refractivity contribution is 7.99. The van der Waals surface area contributed by atoms with Crippen molar-refractivity contribution in [3.05, 3.63) is 35.9 Å². The average Bonchev–Trinajstić information content (AvgIpc) is 2.58. The first-order valence-corrected chi connectivity index (χ1v) is 7.51. The van der Waals surface area contributed by atoms with E-state index in [4.69, 9.17) is 0 Å². The Morgan fingerprint density at radius 1 is 1.44 bits per heavy atom. The first-order chi connectivity index (χ1) is 8.71. The minimum atomic E-state index is -0.742. The largest absolute Gasteiger partial charge is 0.465 e. The molecule has 4 heteroatoms. The molecule has 1 aromatic rings. The predicted octanol–water partition coefficient (Wildman–Crippen LogP) is 2.86. The summed E-state index contributed by atoms with van der Waals surface area (Å²) in [5, 5.41) is 9.48. The normalized spacial score (nSPS) is 30.4. The molecule has 0 aromatic heterocycles. The van der Waals surface area contributed by atoms with Gasteiger partial charge in [-0.05, 0) is 24.8 Å². The molecule has 2 atom stereocenters. The second-order valence-corrected chi connectivity index (χ2v) is 6.28. The van der Waals surface area contributed by atoms with E-state index in [9.17, 15) is 9.90 Å². The van der Waals surface area contributed by atoms with Gasteiger partial charge in [-0.15, -0.1) is 0 Å². The van der Waals surface area contributed by atoms with Crippen molar-refractivity contribution in [2.75, 3.05) is 11.5 Å². The second kappa shape index (κ2) is 4.50. The Morgan fingerprint density at radius 3 is 2.94 bits per heavy atom. The van der Waals surface area contributed by atoms with Crippen molar-refractivity contribution in [2.45, 2.75) is 30.8 Å². The van der Waals surface area contributed by atoms with Crippen LogP contribution in [0, 0.1) is 0 Å². The van der Waals surface area contributed by atoms with Gasteiger partial charge in [0, 0.05) is 17.5 Å². The number of benzene rings is 1. The van der Waals surface area contributed by atoms with Crippen molar-refractivity contribution in [1.82, 2.24) is 4.90 Å². The molecule has 18 heavy (non-hydrogen) atoms. The van der Waals surface area contributed by atoms with Crippen LogP contribution in [0.15, 0.2) is 30.3 Å². The van der Waals surface area contributed by atoms with Crippen LogP contribution in [-0.4, -0.2) is 39.2 Å². The number of carbonyl (C=O) groups is 1. The molecule has 2 saturated heterocycles. The summed E-state index contributed by atoms with van der Waals surface area (Å²) in [6.45, 7) is 0. The van der Waals surface area contributed by atoms with E-state index >= 15 is 0 Å². The molecular formula is C14H17NO2S. The maximum Gasteiger partial charge on any atom is 0.408 e. The summed E-state index contributed by atoms with van der Waals surface area (Å²) < 4.78 is 0. The highest BCUT2D eigenvalue weighted by Gasteiger charge is 2.51. The molecule has 0 saturated carbocycles. The zero-order valence-corrected chi connectivity index (χ0v) is 11.0. The standard InChI is InChI=1S/C14H17NO2S/c16-13(17)15-12-6-7-14(15,10-18-9-12)8-11-4-2-1-3-5-11/h1-5,12H,6-10H2,(H,16,17)/t12-,14+/m0/s1. The van der Waals surface area contributed by atoms with Crippen molar-refractivity contribution in [3.8, 4) is 0 Å². The SMILES string of the molecule is O=C(O)N1[C@H]2CC[C@@]1(Cc1ccccc1)CSC2. The lowest BCUT2D eigenvalue weighted by Gasteiger charge is -2.43. The zero-order valence-electron chi connectivity index (χ0n) is 10.2. The quantitative estimate of drug-likeness (QED) is 0.892. The molecule has 2 fully saturated rings. The molecule has 1 amide bonds. The molecule has 1 N–H and O–H groups in total. The molecule has 0 radical (unpaired) electrons. The summed E-state index contributed by atoms with van der Waals surface area (Å²) in [5.41, 5.74) is 1.08.